The lowest BCUT2D eigenvalue weighted by Gasteiger charge is -2.33. The molecule has 1 rings (SSSR count). The molecule has 0 saturated heterocycles. The Balaban J connectivity index is 3.04. The number of methoxy groups -OCH3 is 1. The quantitative estimate of drug-likeness (QED) is 0.869. The maximum atomic E-state index is 11.6. The zero-order valence-electron chi connectivity index (χ0n) is 10.5. The summed E-state index contributed by atoms with van der Waals surface area (Å²) < 4.78 is 5.94. The summed E-state index contributed by atoms with van der Waals surface area (Å²) in [6.07, 6.45) is -0.371. The zero-order valence-corrected chi connectivity index (χ0v) is 12.8. The Kier molecular flexibility index (Phi) is 5.01. The molecule has 0 spiro atoms. The van der Waals surface area contributed by atoms with E-state index in [2.05, 4.69) is 21.2 Å². The van der Waals surface area contributed by atoms with Gasteiger partial charge in [-0.15, -0.1) is 0 Å². The maximum Gasteiger partial charge on any atom is 0.245 e. The molecule has 1 aromatic rings. The van der Waals surface area contributed by atoms with Crippen LogP contribution >= 0.6 is 27.5 Å². The molecule has 0 aromatic heterocycles. The molecule has 0 aliphatic heterocycles. The predicted molar refractivity (Wildman–Crippen MR) is 76.8 cm³/mol. The average Bonchev–Trinajstić information content (AvgIpc) is 2.32. The molecular weight excluding hydrogens is 320 g/mol. The third-order valence-electron chi connectivity index (χ3n) is 3.00. The second-order valence-corrected chi connectivity index (χ2v) is 5.46. The second-order valence-electron chi connectivity index (χ2n) is 4.20. The first-order valence-electron chi connectivity index (χ1n) is 5.37. The Morgan fingerprint density at radius 3 is 2.67 bits per heavy atom. The summed E-state index contributed by atoms with van der Waals surface area (Å²) in [5, 5.41) is 3.68. The van der Waals surface area contributed by atoms with Crippen molar-refractivity contribution in [3.05, 3.63) is 27.7 Å². The number of nitrogens with two attached hydrogens (primary N) is 1. The molecule has 4 nitrogen and oxygen atoms in total. The number of nitrogens with one attached hydrogen (secondary N) is 1. The number of ether oxygens (including phenoxy) is 1. The summed E-state index contributed by atoms with van der Waals surface area (Å²) in [5.74, 6) is -0.483. The molecule has 1 amide bonds. The van der Waals surface area contributed by atoms with Gasteiger partial charge in [0.1, 0.15) is 5.54 Å². The van der Waals surface area contributed by atoms with Gasteiger partial charge in [0.25, 0.3) is 0 Å². The lowest BCUT2D eigenvalue weighted by Crippen LogP contribution is -2.56. The van der Waals surface area contributed by atoms with Crippen molar-refractivity contribution in [2.75, 3.05) is 12.4 Å². The highest BCUT2D eigenvalue weighted by Crippen LogP contribution is 2.28. The first kappa shape index (κ1) is 15.3. The fourth-order valence-electron chi connectivity index (χ4n) is 1.47. The van der Waals surface area contributed by atoms with Crippen LogP contribution in [0.3, 0.4) is 0 Å². The van der Waals surface area contributed by atoms with E-state index in [4.69, 9.17) is 22.1 Å². The third-order valence-corrected chi connectivity index (χ3v) is 4.22. The van der Waals surface area contributed by atoms with E-state index in [9.17, 15) is 4.79 Å². The molecule has 0 bridgehead atoms. The number of hydrogen-bond acceptors (Lipinski definition) is 3. The summed E-state index contributed by atoms with van der Waals surface area (Å²) in [6.45, 7) is 3.48. The van der Waals surface area contributed by atoms with Crippen LogP contribution in [0.2, 0.25) is 5.02 Å². The summed E-state index contributed by atoms with van der Waals surface area (Å²) in [7, 11) is 1.53. The maximum absolute atomic E-state index is 11.6. The van der Waals surface area contributed by atoms with E-state index in [0.29, 0.717) is 5.02 Å². The summed E-state index contributed by atoms with van der Waals surface area (Å²) in [6, 6.07) is 5.29. The van der Waals surface area contributed by atoms with Crippen LogP contribution in [0.15, 0.2) is 22.7 Å². The molecule has 0 heterocycles. The van der Waals surface area contributed by atoms with Crippen molar-refractivity contribution in [2.24, 2.45) is 5.73 Å². The number of amides is 1. The van der Waals surface area contributed by atoms with Gasteiger partial charge in [-0.05, 0) is 48.0 Å². The topological polar surface area (TPSA) is 64.3 Å². The van der Waals surface area contributed by atoms with E-state index in [1.54, 1.807) is 32.0 Å². The SMILES string of the molecule is COC(C)C(C)(Nc1ccc(Cl)c(Br)c1)C(N)=O. The molecule has 1 aromatic carbocycles. The fraction of sp³-hybridized carbons (Fsp3) is 0.417. The molecule has 0 aliphatic carbocycles. The van der Waals surface area contributed by atoms with Gasteiger partial charge in [0.05, 0.1) is 11.1 Å². The first-order chi connectivity index (χ1) is 8.31. The van der Waals surface area contributed by atoms with E-state index in [-0.39, 0.29) is 6.10 Å². The number of hydrogen-bond donors (Lipinski definition) is 2. The van der Waals surface area contributed by atoms with Crippen molar-refractivity contribution in [1.29, 1.82) is 0 Å². The molecule has 18 heavy (non-hydrogen) atoms. The standard InChI is InChI=1S/C12H16BrClN2O2/c1-7(18-3)12(2,11(15)17)16-8-4-5-10(14)9(13)6-8/h4-7,16H,1-3H3,(H2,15,17). The van der Waals surface area contributed by atoms with Crippen LogP contribution in [0.4, 0.5) is 5.69 Å². The van der Waals surface area contributed by atoms with E-state index in [1.807, 2.05) is 0 Å². The molecule has 0 radical (unpaired) electrons. The molecule has 100 valence electrons. The van der Waals surface area contributed by atoms with Crippen molar-refractivity contribution in [3.63, 3.8) is 0 Å². The van der Waals surface area contributed by atoms with Crippen molar-refractivity contribution >= 4 is 39.1 Å². The monoisotopic (exact) mass is 334 g/mol. The van der Waals surface area contributed by atoms with Crippen molar-refractivity contribution in [3.8, 4) is 0 Å². The van der Waals surface area contributed by atoms with Crippen LogP contribution in [-0.4, -0.2) is 24.7 Å². The molecule has 0 fully saturated rings. The molecule has 0 aliphatic rings. The van der Waals surface area contributed by atoms with E-state index in [0.717, 1.165) is 10.2 Å². The molecule has 2 atom stereocenters. The van der Waals surface area contributed by atoms with Crippen LogP contribution in [0.1, 0.15) is 13.8 Å². The number of rotatable bonds is 5. The van der Waals surface area contributed by atoms with E-state index < -0.39 is 11.4 Å². The zero-order chi connectivity index (χ0) is 13.9. The molecule has 0 saturated carbocycles. The Morgan fingerprint density at radius 2 is 2.22 bits per heavy atom. The van der Waals surface area contributed by atoms with Gasteiger partial charge in [0.2, 0.25) is 5.91 Å². The first-order valence-corrected chi connectivity index (χ1v) is 6.54. The highest BCUT2D eigenvalue weighted by atomic mass is 79.9. The molecule has 6 heteroatoms. The number of benzene rings is 1. The number of carbonyl (C=O) groups excluding carboxylic acids is 1. The summed E-state index contributed by atoms with van der Waals surface area (Å²) in [5.41, 5.74) is 5.18. The third kappa shape index (κ3) is 3.16. The molecule has 2 unspecified atom stereocenters. The number of halogens is 2. The van der Waals surface area contributed by atoms with Crippen molar-refractivity contribution in [1.82, 2.24) is 0 Å². The molecular formula is C12H16BrClN2O2. The van der Waals surface area contributed by atoms with Gasteiger partial charge in [-0.3, -0.25) is 4.79 Å². The van der Waals surface area contributed by atoms with E-state index >= 15 is 0 Å². The number of carbonyl (C=O) groups is 1. The van der Waals surface area contributed by atoms with Crippen molar-refractivity contribution in [2.45, 2.75) is 25.5 Å². The van der Waals surface area contributed by atoms with Gasteiger partial charge >= 0.3 is 0 Å². The van der Waals surface area contributed by atoms with Gasteiger partial charge in [0.15, 0.2) is 0 Å². The van der Waals surface area contributed by atoms with Crippen molar-refractivity contribution < 1.29 is 9.53 Å². The van der Waals surface area contributed by atoms with Gasteiger partial charge in [-0.1, -0.05) is 11.6 Å². The predicted octanol–water partition coefficient (Wildman–Crippen LogP) is 2.79. The largest absolute Gasteiger partial charge is 0.379 e. The van der Waals surface area contributed by atoms with Crippen LogP contribution < -0.4 is 11.1 Å². The minimum Gasteiger partial charge on any atom is -0.379 e. The highest BCUT2D eigenvalue weighted by molar-refractivity contribution is 9.10. The summed E-state index contributed by atoms with van der Waals surface area (Å²) >= 11 is 9.24. The van der Waals surface area contributed by atoms with Gasteiger partial charge in [-0.2, -0.15) is 0 Å². The van der Waals surface area contributed by atoms with E-state index in [1.165, 1.54) is 7.11 Å². The summed E-state index contributed by atoms with van der Waals surface area (Å²) in [4.78, 5) is 11.6. The minimum atomic E-state index is -0.998. The number of primary amides is 1. The lowest BCUT2D eigenvalue weighted by molar-refractivity contribution is -0.125. The second kappa shape index (κ2) is 5.91. The molecule has 3 N–H and O–H groups in total. The smallest absolute Gasteiger partial charge is 0.245 e. The van der Waals surface area contributed by atoms with Crippen LogP contribution in [0, 0.1) is 0 Å². The van der Waals surface area contributed by atoms with Crippen LogP contribution in [0.25, 0.3) is 0 Å². The van der Waals surface area contributed by atoms with Gasteiger partial charge in [-0.25, -0.2) is 0 Å². The van der Waals surface area contributed by atoms with Gasteiger partial charge in [0, 0.05) is 17.3 Å². The Labute approximate surface area is 120 Å². The minimum absolute atomic E-state index is 0.371. The Morgan fingerprint density at radius 1 is 1.61 bits per heavy atom. The number of anilines is 1. The van der Waals surface area contributed by atoms with Crippen LogP contribution in [0.5, 0.6) is 0 Å². The normalized spacial score (nSPS) is 15.8. The Bertz CT molecular complexity index is 456. The highest BCUT2D eigenvalue weighted by Gasteiger charge is 2.37. The van der Waals surface area contributed by atoms with Crippen LogP contribution in [-0.2, 0) is 9.53 Å². The average molecular weight is 336 g/mol. The Hall–Kier alpha value is -0.780. The fourth-order valence-corrected chi connectivity index (χ4v) is 1.97. The lowest BCUT2D eigenvalue weighted by atomic mass is 9.94. The van der Waals surface area contributed by atoms with Gasteiger partial charge < -0.3 is 15.8 Å².